The van der Waals surface area contributed by atoms with Gasteiger partial charge in [-0.3, -0.25) is 9.59 Å². The minimum Gasteiger partial charge on any atom is -0.483 e. The molecule has 0 spiro atoms. The molecule has 0 fully saturated rings. The van der Waals surface area contributed by atoms with Crippen LogP contribution >= 0.6 is 11.3 Å². The summed E-state index contributed by atoms with van der Waals surface area (Å²) in [5.74, 6) is -0.950. The van der Waals surface area contributed by atoms with Crippen LogP contribution in [0.25, 0.3) is 0 Å². The predicted octanol–water partition coefficient (Wildman–Crippen LogP) is 4.18. The second-order valence-electron chi connectivity index (χ2n) is 6.05. The molecule has 1 aromatic heterocycles. The summed E-state index contributed by atoms with van der Waals surface area (Å²) in [7, 11) is 1.71. The van der Waals surface area contributed by atoms with Crippen LogP contribution in [0.15, 0.2) is 66.0 Å². The molecule has 2 aromatic carbocycles. The van der Waals surface area contributed by atoms with Gasteiger partial charge in [0.1, 0.15) is 11.6 Å². The Morgan fingerprint density at radius 1 is 1.07 bits per heavy atom. The summed E-state index contributed by atoms with van der Waals surface area (Å²) in [6.07, 6.45) is 0. The molecule has 3 aromatic rings. The number of hydrogen-bond donors (Lipinski definition) is 1. The van der Waals surface area contributed by atoms with Crippen molar-refractivity contribution in [2.24, 2.45) is 0 Å². The maximum atomic E-state index is 13.6. The number of amides is 2. The van der Waals surface area contributed by atoms with Gasteiger partial charge in [0.2, 0.25) is 0 Å². The third-order valence-electron chi connectivity index (χ3n) is 3.94. The summed E-state index contributed by atoms with van der Waals surface area (Å²) in [6, 6.07) is 16.5. The average molecular weight is 398 g/mol. The lowest BCUT2D eigenvalue weighted by Crippen LogP contribution is -2.27. The summed E-state index contributed by atoms with van der Waals surface area (Å²) in [5.41, 5.74) is 0.441. The molecule has 0 aliphatic rings. The highest BCUT2D eigenvalue weighted by atomic mass is 32.1. The molecule has 0 radical (unpaired) electrons. The zero-order chi connectivity index (χ0) is 19.9. The minimum atomic E-state index is -0.526. The fraction of sp³-hybridized carbons (Fsp3) is 0.143. The molecule has 7 heteroatoms. The number of anilines is 1. The van der Waals surface area contributed by atoms with Crippen LogP contribution in [0.2, 0.25) is 0 Å². The second-order valence-corrected chi connectivity index (χ2v) is 7.09. The highest BCUT2D eigenvalue weighted by Gasteiger charge is 2.18. The van der Waals surface area contributed by atoms with Crippen molar-refractivity contribution in [2.75, 3.05) is 19.0 Å². The summed E-state index contributed by atoms with van der Waals surface area (Å²) >= 11 is 1.58. The lowest BCUT2D eigenvalue weighted by molar-refractivity contribution is -0.118. The highest BCUT2D eigenvalue weighted by Crippen LogP contribution is 2.21. The van der Waals surface area contributed by atoms with Crippen LogP contribution in [0.4, 0.5) is 10.1 Å². The van der Waals surface area contributed by atoms with Gasteiger partial charge in [0.15, 0.2) is 6.61 Å². The third kappa shape index (κ3) is 4.95. The van der Waals surface area contributed by atoms with Crippen molar-refractivity contribution in [3.63, 3.8) is 0 Å². The van der Waals surface area contributed by atoms with Crippen LogP contribution in [0.5, 0.6) is 5.75 Å². The largest absolute Gasteiger partial charge is 0.483 e. The molecule has 0 saturated carbocycles. The van der Waals surface area contributed by atoms with Crippen molar-refractivity contribution in [1.29, 1.82) is 0 Å². The van der Waals surface area contributed by atoms with Crippen molar-refractivity contribution in [2.45, 2.75) is 6.54 Å². The van der Waals surface area contributed by atoms with Crippen molar-refractivity contribution in [1.82, 2.24) is 4.90 Å². The molecular weight excluding hydrogens is 379 g/mol. The molecule has 0 bridgehead atoms. The molecular formula is C21H19FN2O3S. The third-order valence-corrected chi connectivity index (χ3v) is 4.81. The Hall–Kier alpha value is -3.19. The van der Waals surface area contributed by atoms with E-state index in [9.17, 15) is 14.0 Å². The van der Waals surface area contributed by atoms with E-state index in [4.69, 9.17) is 4.74 Å². The first-order chi connectivity index (χ1) is 13.5. The number of nitrogens with zero attached hydrogens (tertiary/aromatic N) is 1. The van der Waals surface area contributed by atoms with Crippen LogP contribution in [-0.4, -0.2) is 30.4 Å². The first-order valence-electron chi connectivity index (χ1n) is 8.58. The van der Waals surface area contributed by atoms with Crippen molar-refractivity contribution < 1.29 is 18.7 Å². The maximum Gasteiger partial charge on any atom is 0.262 e. The number of carbonyl (C=O) groups is 2. The first-order valence-corrected chi connectivity index (χ1v) is 9.46. The van der Waals surface area contributed by atoms with Gasteiger partial charge in [0.25, 0.3) is 11.8 Å². The molecule has 0 aliphatic carbocycles. The van der Waals surface area contributed by atoms with Crippen LogP contribution in [-0.2, 0) is 11.3 Å². The minimum absolute atomic E-state index is 0.0798. The Labute approximate surface area is 166 Å². The number of thiophene rings is 1. The Morgan fingerprint density at radius 3 is 2.57 bits per heavy atom. The zero-order valence-corrected chi connectivity index (χ0v) is 16.0. The van der Waals surface area contributed by atoms with E-state index in [1.165, 1.54) is 18.2 Å². The molecule has 2 amide bonds. The average Bonchev–Trinajstić information content (AvgIpc) is 3.21. The molecule has 0 aliphatic heterocycles. The Balaban J connectivity index is 1.64. The SMILES string of the molecule is CN(Cc1cccs1)C(=O)c1ccccc1OCC(=O)Nc1ccccc1F. The van der Waals surface area contributed by atoms with E-state index in [1.54, 1.807) is 53.6 Å². The number of rotatable bonds is 7. The second kappa shape index (κ2) is 9.14. The van der Waals surface area contributed by atoms with E-state index >= 15 is 0 Å². The lowest BCUT2D eigenvalue weighted by atomic mass is 10.1. The van der Waals surface area contributed by atoms with Crippen LogP contribution in [0.1, 0.15) is 15.2 Å². The van der Waals surface area contributed by atoms with Crippen molar-refractivity contribution in [3.05, 3.63) is 82.3 Å². The monoisotopic (exact) mass is 398 g/mol. The van der Waals surface area contributed by atoms with Crippen LogP contribution < -0.4 is 10.1 Å². The van der Waals surface area contributed by atoms with Gasteiger partial charge in [0.05, 0.1) is 17.8 Å². The summed E-state index contributed by atoms with van der Waals surface area (Å²) < 4.78 is 19.2. The van der Waals surface area contributed by atoms with E-state index in [1.807, 2.05) is 17.5 Å². The number of nitrogens with one attached hydrogen (secondary N) is 1. The van der Waals surface area contributed by atoms with Crippen LogP contribution in [0, 0.1) is 5.82 Å². The Morgan fingerprint density at radius 2 is 1.82 bits per heavy atom. The van der Waals surface area contributed by atoms with E-state index in [0.717, 1.165) is 4.88 Å². The Bertz CT molecular complexity index is 960. The smallest absolute Gasteiger partial charge is 0.262 e. The molecule has 1 heterocycles. The fourth-order valence-electron chi connectivity index (χ4n) is 2.58. The van der Waals surface area contributed by atoms with E-state index in [-0.39, 0.29) is 18.2 Å². The first kappa shape index (κ1) is 19.6. The number of para-hydroxylation sites is 2. The topological polar surface area (TPSA) is 58.6 Å². The van der Waals surface area contributed by atoms with Gasteiger partial charge in [-0.15, -0.1) is 11.3 Å². The Kier molecular flexibility index (Phi) is 6.39. The van der Waals surface area contributed by atoms with Crippen molar-refractivity contribution in [3.8, 4) is 5.75 Å². The van der Waals surface area contributed by atoms with E-state index < -0.39 is 11.7 Å². The highest BCUT2D eigenvalue weighted by molar-refractivity contribution is 7.09. The van der Waals surface area contributed by atoms with Gasteiger partial charge in [-0.2, -0.15) is 0 Å². The standard InChI is InChI=1S/C21H19FN2O3S/c1-24(13-15-7-6-12-28-15)21(26)16-8-2-5-11-19(16)27-14-20(25)23-18-10-4-3-9-17(18)22/h2-12H,13-14H2,1H3,(H,23,25). The van der Waals surface area contributed by atoms with Gasteiger partial charge in [-0.05, 0) is 35.7 Å². The fourth-order valence-corrected chi connectivity index (χ4v) is 3.33. The van der Waals surface area contributed by atoms with Gasteiger partial charge < -0.3 is 15.0 Å². The summed E-state index contributed by atoms with van der Waals surface area (Å²) in [5, 5.41) is 4.41. The molecule has 5 nitrogen and oxygen atoms in total. The van der Waals surface area contributed by atoms with Gasteiger partial charge >= 0.3 is 0 Å². The molecule has 28 heavy (non-hydrogen) atoms. The molecule has 0 atom stereocenters. The van der Waals surface area contributed by atoms with Crippen molar-refractivity contribution >= 4 is 28.8 Å². The normalized spacial score (nSPS) is 10.4. The molecule has 144 valence electrons. The molecule has 0 unspecified atom stereocenters. The van der Waals surface area contributed by atoms with Gasteiger partial charge in [0, 0.05) is 11.9 Å². The zero-order valence-electron chi connectivity index (χ0n) is 15.2. The summed E-state index contributed by atoms with van der Waals surface area (Å²) in [6.45, 7) is 0.145. The lowest BCUT2D eigenvalue weighted by Gasteiger charge is -2.18. The predicted molar refractivity (Wildman–Crippen MR) is 107 cm³/mol. The number of carbonyl (C=O) groups excluding carboxylic acids is 2. The van der Waals surface area contributed by atoms with Gasteiger partial charge in [-0.25, -0.2) is 4.39 Å². The quantitative estimate of drug-likeness (QED) is 0.650. The molecule has 1 N–H and O–H groups in total. The van der Waals surface area contributed by atoms with E-state index in [0.29, 0.717) is 17.9 Å². The maximum absolute atomic E-state index is 13.6. The van der Waals surface area contributed by atoms with Crippen LogP contribution in [0.3, 0.4) is 0 Å². The number of ether oxygens (including phenoxy) is 1. The summed E-state index contributed by atoms with van der Waals surface area (Å²) in [4.78, 5) is 27.5. The molecule has 3 rings (SSSR count). The molecule has 0 saturated heterocycles. The van der Waals surface area contributed by atoms with E-state index in [2.05, 4.69) is 5.32 Å². The number of hydrogen-bond acceptors (Lipinski definition) is 4. The number of halogens is 1. The number of benzene rings is 2. The van der Waals surface area contributed by atoms with Gasteiger partial charge in [-0.1, -0.05) is 30.3 Å².